The Kier molecular flexibility index (Phi) is 7.14. The van der Waals surface area contributed by atoms with Crippen molar-refractivity contribution in [1.29, 1.82) is 0 Å². The quantitative estimate of drug-likeness (QED) is 0.588. The molecule has 1 aliphatic carbocycles. The summed E-state index contributed by atoms with van der Waals surface area (Å²) < 4.78 is 0.634. The number of benzene rings is 2. The third kappa shape index (κ3) is 4.06. The fraction of sp³-hybridized carbons (Fsp3) is 0.333. The zero-order valence-corrected chi connectivity index (χ0v) is 18.8. The normalized spacial score (nSPS) is 16.0. The molecule has 0 heterocycles. The standard InChI is InChI=1S/C21H23.2ClH.Zr/c1-14-10-17-11-15(2)13-20(17)19(12-14)16-6-8-18(9-7-16)21(3,4)5;;;/h6-13H,1-5H3;2*1H;/q;;;+2/p-2. The van der Waals surface area contributed by atoms with E-state index in [4.69, 9.17) is 0 Å². The van der Waals surface area contributed by atoms with Gasteiger partial charge >= 0.3 is 150 Å². The van der Waals surface area contributed by atoms with E-state index in [1.165, 1.54) is 39.0 Å². The second-order valence-corrected chi connectivity index (χ2v) is 8.88. The first-order valence-electron chi connectivity index (χ1n) is 7.92. The van der Waals surface area contributed by atoms with Crippen LogP contribution >= 0.6 is 0 Å². The smallest absolute Gasteiger partial charge is 1.00 e. The summed E-state index contributed by atoms with van der Waals surface area (Å²) >= 11 is 1.59. The minimum absolute atomic E-state index is 0. The average Bonchev–Trinajstić information content (AvgIpc) is 2.73. The van der Waals surface area contributed by atoms with Gasteiger partial charge in [-0.1, -0.05) is 0 Å². The molecule has 0 aliphatic heterocycles. The molecular weight excluding hydrogens is 414 g/mol. The Labute approximate surface area is 173 Å². The van der Waals surface area contributed by atoms with Gasteiger partial charge in [-0.25, -0.2) is 0 Å². The molecule has 24 heavy (non-hydrogen) atoms. The molecule has 0 saturated heterocycles. The summed E-state index contributed by atoms with van der Waals surface area (Å²) in [5, 5.41) is 0. The summed E-state index contributed by atoms with van der Waals surface area (Å²) in [6, 6.07) is 13.8. The Bertz CT molecular complexity index is 753. The van der Waals surface area contributed by atoms with E-state index in [1.54, 1.807) is 24.7 Å². The van der Waals surface area contributed by atoms with E-state index >= 15 is 0 Å². The maximum Gasteiger partial charge on any atom is -1.00 e. The topological polar surface area (TPSA) is 0 Å². The number of hydrogen-bond acceptors (Lipinski definition) is 0. The van der Waals surface area contributed by atoms with Gasteiger partial charge in [-0.15, -0.1) is 0 Å². The van der Waals surface area contributed by atoms with Crippen molar-refractivity contribution in [3.63, 3.8) is 0 Å². The van der Waals surface area contributed by atoms with Gasteiger partial charge in [0.25, 0.3) is 0 Å². The van der Waals surface area contributed by atoms with Crippen LogP contribution in [0, 0.1) is 6.92 Å². The Balaban J connectivity index is 0.00000144. The zero-order valence-electron chi connectivity index (χ0n) is 14.9. The molecule has 0 spiro atoms. The molecule has 0 bridgehead atoms. The number of fused-ring (bicyclic) bond motifs is 1. The van der Waals surface area contributed by atoms with Crippen LogP contribution in [0.25, 0.3) is 17.2 Å². The van der Waals surface area contributed by atoms with E-state index in [1.807, 2.05) is 0 Å². The monoisotopic (exact) mass is 435 g/mol. The fourth-order valence-corrected chi connectivity index (χ4v) is 3.96. The Morgan fingerprint density at radius 1 is 0.917 bits per heavy atom. The molecule has 2 aromatic carbocycles. The van der Waals surface area contributed by atoms with E-state index in [0.29, 0.717) is 3.63 Å². The summed E-state index contributed by atoms with van der Waals surface area (Å²) in [7, 11) is 0. The van der Waals surface area contributed by atoms with Crippen molar-refractivity contribution in [2.75, 3.05) is 0 Å². The molecule has 3 rings (SSSR count). The van der Waals surface area contributed by atoms with Crippen LogP contribution in [0.4, 0.5) is 0 Å². The maximum absolute atomic E-state index is 2.39. The van der Waals surface area contributed by atoms with Crippen molar-refractivity contribution in [3.8, 4) is 11.1 Å². The number of aryl methyl sites for hydroxylation is 1. The van der Waals surface area contributed by atoms with Crippen molar-refractivity contribution in [2.24, 2.45) is 0 Å². The Morgan fingerprint density at radius 3 is 2.04 bits per heavy atom. The number of allylic oxidation sites excluding steroid dienone is 1. The Hall–Kier alpha value is -0.357. The number of halogens is 2. The third-order valence-electron chi connectivity index (χ3n) is 4.56. The van der Waals surface area contributed by atoms with E-state index in [-0.39, 0.29) is 30.2 Å². The summed E-state index contributed by atoms with van der Waals surface area (Å²) in [6.45, 7) is 11.3. The van der Waals surface area contributed by atoms with Crippen molar-refractivity contribution in [2.45, 2.75) is 43.7 Å². The van der Waals surface area contributed by atoms with Gasteiger partial charge in [0.1, 0.15) is 0 Å². The minimum atomic E-state index is 0. The first kappa shape index (κ1) is 21.7. The van der Waals surface area contributed by atoms with Crippen molar-refractivity contribution in [3.05, 3.63) is 64.2 Å². The second-order valence-electron chi connectivity index (χ2n) is 7.46. The van der Waals surface area contributed by atoms with Crippen LogP contribution in [-0.4, -0.2) is 0 Å². The SMILES string of the molecule is CC1=Cc2c(-c3ccc(C(C)(C)C)cc3)cc(C)cc2[CH]1[Zr+2].[Cl-].[Cl-]. The van der Waals surface area contributed by atoms with Gasteiger partial charge in [-0.3, -0.25) is 0 Å². The molecular formula is C21H23Cl2Zr. The molecule has 1 unspecified atom stereocenters. The van der Waals surface area contributed by atoms with Gasteiger partial charge in [-0.05, 0) is 0 Å². The van der Waals surface area contributed by atoms with E-state index in [9.17, 15) is 0 Å². The van der Waals surface area contributed by atoms with Crippen molar-refractivity contribution in [1.82, 2.24) is 0 Å². The predicted octanol–water partition coefficient (Wildman–Crippen LogP) is -0.0277. The van der Waals surface area contributed by atoms with Gasteiger partial charge in [0.15, 0.2) is 0 Å². The summed E-state index contributed by atoms with van der Waals surface area (Å²) in [6.07, 6.45) is 2.39. The molecule has 0 saturated carbocycles. The molecule has 0 radical (unpaired) electrons. The molecule has 0 N–H and O–H groups in total. The molecule has 0 nitrogen and oxygen atoms in total. The zero-order chi connectivity index (χ0) is 16.1. The van der Waals surface area contributed by atoms with Crippen LogP contribution in [0.5, 0.6) is 0 Å². The molecule has 3 heteroatoms. The fourth-order valence-electron chi connectivity index (χ4n) is 3.17. The number of hydrogen-bond donors (Lipinski definition) is 0. The van der Waals surface area contributed by atoms with Crippen LogP contribution < -0.4 is 24.8 Å². The van der Waals surface area contributed by atoms with E-state index in [0.717, 1.165) is 0 Å². The maximum atomic E-state index is 2.39. The summed E-state index contributed by atoms with van der Waals surface area (Å²) in [5.74, 6) is 0. The van der Waals surface area contributed by atoms with Gasteiger partial charge in [0.2, 0.25) is 0 Å². The van der Waals surface area contributed by atoms with Crippen LogP contribution in [0.1, 0.15) is 53.6 Å². The van der Waals surface area contributed by atoms with Gasteiger partial charge in [0.05, 0.1) is 0 Å². The predicted molar refractivity (Wildman–Crippen MR) is 91.7 cm³/mol. The number of rotatable bonds is 1. The van der Waals surface area contributed by atoms with Gasteiger partial charge in [0, 0.05) is 0 Å². The largest absolute Gasteiger partial charge is 1.00 e. The average molecular weight is 438 g/mol. The molecule has 0 fully saturated rings. The first-order chi connectivity index (χ1) is 10.3. The molecule has 0 amide bonds. The van der Waals surface area contributed by atoms with Crippen molar-refractivity contribution < 1.29 is 49.5 Å². The summed E-state index contributed by atoms with van der Waals surface area (Å²) in [4.78, 5) is 0. The third-order valence-corrected chi connectivity index (χ3v) is 6.44. The van der Waals surface area contributed by atoms with E-state index < -0.39 is 0 Å². The van der Waals surface area contributed by atoms with Crippen LogP contribution in [0.2, 0.25) is 0 Å². The second kappa shape index (κ2) is 7.90. The molecule has 2 aromatic rings. The van der Waals surface area contributed by atoms with E-state index in [2.05, 4.69) is 77.1 Å². The molecule has 125 valence electrons. The minimum Gasteiger partial charge on any atom is -1.00 e. The molecule has 0 aromatic heterocycles. The van der Waals surface area contributed by atoms with Crippen molar-refractivity contribution >= 4 is 6.08 Å². The van der Waals surface area contributed by atoms with Crippen LogP contribution in [0.3, 0.4) is 0 Å². The van der Waals surface area contributed by atoms with Gasteiger partial charge < -0.3 is 24.8 Å². The molecule has 1 aliphatic rings. The van der Waals surface area contributed by atoms with Crippen LogP contribution in [0.15, 0.2) is 42.0 Å². The molecule has 1 atom stereocenters. The van der Waals surface area contributed by atoms with Gasteiger partial charge in [-0.2, -0.15) is 0 Å². The Morgan fingerprint density at radius 2 is 1.50 bits per heavy atom. The van der Waals surface area contributed by atoms with Crippen LogP contribution in [-0.2, 0) is 30.1 Å². The first-order valence-corrected chi connectivity index (χ1v) is 9.34. The summed E-state index contributed by atoms with van der Waals surface area (Å²) in [5.41, 5.74) is 10.2.